The summed E-state index contributed by atoms with van der Waals surface area (Å²) in [7, 11) is 2.02. The van der Waals surface area contributed by atoms with Crippen molar-refractivity contribution in [2.75, 3.05) is 7.05 Å². The SMILES string of the molecule is CNC(CCC1Cc2cc(F)ccc2O1)CC(C)C. The summed E-state index contributed by atoms with van der Waals surface area (Å²) in [5.74, 6) is 1.39. The van der Waals surface area contributed by atoms with E-state index in [0.29, 0.717) is 12.0 Å². The number of nitrogens with one attached hydrogen (secondary N) is 1. The molecule has 19 heavy (non-hydrogen) atoms. The first-order valence-corrected chi connectivity index (χ1v) is 7.21. The molecule has 1 N–H and O–H groups in total. The summed E-state index contributed by atoms with van der Waals surface area (Å²) >= 11 is 0. The minimum absolute atomic E-state index is 0.170. The van der Waals surface area contributed by atoms with Gasteiger partial charge in [0.1, 0.15) is 17.7 Å². The molecular weight excluding hydrogens is 241 g/mol. The molecule has 1 aromatic rings. The lowest BCUT2D eigenvalue weighted by molar-refractivity contribution is 0.208. The lowest BCUT2D eigenvalue weighted by Gasteiger charge is -2.20. The monoisotopic (exact) mass is 265 g/mol. The Morgan fingerprint density at radius 2 is 2.21 bits per heavy atom. The first-order chi connectivity index (χ1) is 9.08. The van der Waals surface area contributed by atoms with Crippen molar-refractivity contribution in [3.63, 3.8) is 0 Å². The van der Waals surface area contributed by atoms with Crippen molar-refractivity contribution in [3.8, 4) is 5.75 Å². The smallest absolute Gasteiger partial charge is 0.123 e. The van der Waals surface area contributed by atoms with E-state index < -0.39 is 0 Å². The average Bonchev–Trinajstić information content (AvgIpc) is 2.75. The summed E-state index contributed by atoms with van der Waals surface area (Å²) in [5, 5.41) is 3.37. The van der Waals surface area contributed by atoms with Gasteiger partial charge in [0.05, 0.1) is 0 Å². The highest BCUT2D eigenvalue weighted by Crippen LogP contribution is 2.31. The zero-order valence-corrected chi connectivity index (χ0v) is 12.1. The van der Waals surface area contributed by atoms with Crippen LogP contribution in [0.25, 0.3) is 0 Å². The van der Waals surface area contributed by atoms with Gasteiger partial charge < -0.3 is 10.1 Å². The van der Waals surface area contributed by atoms with E-state index in [0.717, 1.165) is 30.6 Å². The molecule has 3 heteroatoms. The van der Waals surface area contributed by atoms with Crippen LogP contribution in [-0.4, -0.2) is 19.2 Å². The van der Waals surface area contributed by atoms with E-state index in [1.807, 2.05) is 7.05 Å². The minimum atomic E-state index is -0.170. The topological polar surface area (TPSA) is 21.3 Å². The molecule has 0 spiro atoms. The van der Waals surface area contributed by atoms with Gasteiger partial charge in [-0.05, 0) is 50.4 Å². The zero-order valence-electron chi connectivity index (χ0n) is 12.1. The van der Waals surface area contributed by atoms with Gasteiger partial charge in [-0.2, -0.15) is 0 Å². The van der Waals surface area contributed by atoms with Crippen LogP contribution in [0.5, 0.6) is 5.75 Å². The maximum absolute atomic E-state index is 13.1. The van der Waals surface area contributed by atoms with Gasteiger partial charge in [0, 0.05) is 18.0 Å². The fourth-order valence-electron chi connectivity index (χ4n) is 2.79. The highest BCUT2D eigenvalue weighted by Gasteiger charge is 2.24. The van der Waals surface area contributed by atoms with Gasteiger partial charge >= 0.3 is 0 Å². The van der Waals surface area contributed by atoms with E-state index in [9.17, 15) is 4.39 Å². The normalized spacial score (nSPS) is 19.3. The predicted octanol–water partition coefficient (Wildman–Crippen LogP) is 3.54. The van der Waals surface area contributed by atoms with Crippen molar-refractivity contribution in [1.82, 2.24) is 5.32 Å². The Balaban J connectivity index is 1.83. The Hall–Kier alpha value is -1.09. The third-order valence-electron chi connectivity index (χ3n) is 3.77. The van der Waals surface area contributed by atoms with E-state index in [1.165, 1.54) is 12.5 Å². The number of hydrogen-bond donors (Lipinski definition) is 1. The lowest BCUT2D eigenvalue weighted by atomic mass is 9.97. The van der Waals surface area contributed by atoms with Crippen molar-refractivity contribution in [2.45, 2.75) is 51.7 Å². The van der Waals surface area contributed by atoms with Crippen LogP contribution >= 0.6 is 0 Å². The third-order valence-corrected chi connectivity index (χ3v) is 3.77. The van der Waals surface area contributed by atoms with Crippen LogP contribution in [0.3, 0.4) is 0 Å². The number of hydrogen-bond acceptors (Lipinski definition) is 2. The van der Waals surface area contributed by atoms with Crippen LogP contribution in [-0.2, 0) is 6.42 Å². The maximum atomic E-state index is 13.1. The van der Waals surface area contributed by atoms with E-state index in [2.05, 4.69) is 19.2 Å². The first-order valence-electron chi connectivity index (χ1n) is 7.21. The second kappa shape index (κ2) is 6.38. The quantitative estimate of drug-likeness (QED) is 0.849. The van der Waals surface area contributed by atoms with Crippen molar-refractivity contribution in [1.29, 1.82) is 0 Å². The molecule has 1 aliphatic heterocycles. The van der Waals surface area contributed by atoms with Gasteiger partial charge in [0.2, 0.25) is 0 Å². The second-order valence-corrected chi connectivity index (χ2v) is 5.89. The molecule has 0 bridgehead atoms. The molecule has 0 fully saturated rings. The van der Waals surface area contributed by atoms with Gasteiger partial charge in [-0.15, -0.1) is 0 Å². The van der Waals surface area contributed by atoms with Crippen molar-refractivity contribution in [3.05, 3.63) is 29.6 Å². The summed E-state index contributed by atoms with van der Waals surface area (Å²) < 4.78 is 19.0. The van der Waals surface area contributed by atoms with Crippen molar-refractivity contribution in [2.24, 2.45) is 5.92 Å². The number of rotatable bonds is 6. The van der Waals surface area contributed by atoms with Crippen LogP contribution in [0, 0.1) is 11.7 Å². The molecular formula is C16H24FNO. The molecule has 0 aliphatic carbocycles. The molecule has 1 aliphatic rings. The van der Waals surface area contributed by atoms with Crippen LogP contribution in [0.15, 0.2) is 18.2 Å². The highest BCUT2D eigenvalue weighted by atomic mass is 19.1. The van der Waals surface area contributed by atoms with Gasteiger partial charge in [-0.25, -0.2) is 4.39 Å². The molecule has 0 saturated heterocycles. The third kappa shape index (κ3) is 3.93. The fourth-order valence-corrected chi connectivity index (χ4v) is 2.79. The van der Waals surface area contributed by atoms with E-state index in [-0.39, 0.29) is 11.9 Å². The molecule has 0 amide bonds. The number of fused-ring (bicyclic) bond motifs is 1. The molecule has 0 radical (unpaired) electrons. The Morgan fingerprint density at radius 3 is 2.89 bits per heavy atom. The molecule has 1 aromatic carbocycles. The highest BCUT2D eigenvalue weighted by molar-refractivity contribution is 5.37. The average molecular weight is 265 g/mol. The van der Waals surface area contributed by atoms with E-state index >= 15 is 0 Å². The lowest BCUT2D eigenvalue weighted by Crippen LogP contribution is -2.28. The minimum Gasteiger partial charge on any atom is -0.490 e. The number of ether oxygens (including phenoxy) is 1. The summed E-state index contributed by atoms with van der Waals surface area (Å²) in [4.78, 5) is 0. The van der Waals surface area contributed by atoms with Crippen LogP contribution in [0.2, 0.25) is 0 Å². The molecule has 106 valence electrons. The van der Waals surface area contributed by atoms with Crippen molar-refractivity contribution < 1.29 is 9.13 Å². The second-order valence-electron chi connectivity index (χ2n) is 5.89. The Bertz CT molecular complexity index is 419. The van der Waals surface area contributed by atoms with Gasteiger partial charge in [0.15, 0.2) is 0 Å². The van der Waals surface area contributed by atoms with Crippen molar-refractivity contribution >= 4 is 0 Å². The van der Waals surface area contributed by atoms with Gasteiger partial charge in [-0.1, -0.05) is 13.8 Å². The Kier molecular flexibility index (Phi) is 4.81. The molecule has 2 nitrogen and oxygen atoms in total. The summed E-state index contributed by atoms with van der Waals surface area (Å²) in [5.41, 5.74) is 1.01. The van der Waals surface area contributed by atoms with E-state index in [1.54, 1.807) is 12.1 Å². The van der Waals surface area contributed by atoms with Gasteiger partial charge in [0.25, 0.3) is 0 Å². The summed E-state index contributed by atoms with van der Waals surface area (Å²) in [6.07, 6.45) is 4.36. The summed E-state index contributed by atoms with van der Waals surface area (Å²) in [6, 6.07) is 5.35. The van der Waals surface area contributed by atoms with Crippen LogP contribution in [0.4, 0.5) is 4.39 Å². The van der Waals surface area contributed by atoms with E-state index in [4.69, 9.17) is 4.74 Å². The Labute approximate surface area is 115 Å². The number of halogens is 1. The number of benzene rings is 1. The molecule has 0 saturated carbocycles. The van der Waals surface area contributed by atoms with Crippen LogP contribution in [0.1, 0.15) is 38.7 Å². The molecule has 2 unspecified atom stereocenters. The van der Waals surface area contributed by atoms with Crippen LogP contribution < -0.4 is 10.1 Å². The largest absolute Gasteiger partial charge is 0.490 e. The Morgan fingerprint density at radius 1 is 1.42 bits per heavy atom. The first kappa shape index (κ1) is 14.3. The maximum Gasteiger partial charge on any atom is 0.123 e. The fraction of sp³-hybridized carbons (Fsp3) is 0.625. The molecule has 2 atom stereocenters. The summed E-state index contributed by atoms with van der Waals surface area (Å²) in [6.45, 7) is 4.49. The van der Waals surface area contributed by atoms with Gasteiger partial charge in [-0.3, -0.25) is 0 Å². The predicted molar refractivity (Wildman–Crippen MR) is 76.1 cm³/mol. The zero-order chi connectivity index (χ0) is 13.8. The molecule has 1 heterocycles. The standard InChI is InChI=1S/C16H24FNO/c1-11(2)8-14(18-3)5-6-15-10-12-9-13(17)4-7-16(12)19-15/h4,7,9,11,14-15,18H,5-6,8,10H2,1-3H3. The molecule has 0 aromatic heterocycles. The molecule has 2 rings (SSSR count).